The predicted octanol–water partition coefficient (Wildman–Crippen LogP) is 2.04. The van der Waals surface area contributed by atoms with Crippen LogP contribution in [0.2, 0.25) is 0 Å². The molecule has 0 saturated heterocycles. The van der Waals surface area contributed by atoms with E-state index in [0.717, 1.165) is 17.3 Å². The van der Waals surface area contributed by atoms with Crippen molar-refractivity contribution >= 4 is 11.6 Å². The monoisotopic (exact) mass is 259 g/mol. The SMILES string of the molecule is Cc1cccnc1CNC(=O)c1ccc(N)c(F)c1. The minimum atomic E-state index is -0.596. The first-order chi connectivity index (χ1) is 9.08. The second-order valence-corrected chi connectivity index (χ2v) is 4.19. The van der Waals surface area contributed by atoms with Crippen LogP contribution in [0.5, 0.6) is 0 Å². The molecule has 2 rings (SSSR count). The maximum absolute atomic E-state index is 13.2. The van der Waals surface area contributed by atoms with Gasteiger partial charge in [0.1, 0.15) is 5.82 Å². The zero-order chi connectivity index (χ0) is 13.8. The molecule has 4 nitrogen and oxygen atoms in total. The van der Waals surface area contributed by atoms with Crippen LogP contribution in [0.4, 0.5) is 10.1 Å². The summed E-state index contributed by atoms with van der Waals surface area (Å²) in [4.78, 5) is 16.0. The first kappa shape index (κ1) is 13.0. The standard InChI is InChI=1S/C14H14FN3O/c1-9-3-2-6-17-13(9)8-18-14(19)10-4-5-12(16)11(15)7-10/h2-7H,8,16H2,1H3,(H,18,19). The molecule has 0 fully saturated rings. The van der Waals surface area contributed by atoms with E-state index in [9.17, 15) is 9.18 Å². The van der Waals surface area contributed by atoms with Crippen molar-refractivity contribution in [2.45, 2.75) is 13.5 Å². The summed E-state index contributed by atoms with van der Waals surface area (Å²) in [5.74, 6) is -0.953. The summed E-state index contributed by atoms with van der Waals surface area (Å²) in [6.45, 7) is 2.22. The molecule has 5 heteroatoms. The Hall–Kier alpha value is -2.43. The molecule has 98 valence electrons. The average molecular weight is 259 g/mol. The van der Waals surface area contributed by atoms with Crippen molar-refractivity contribution in [2.24, 2.45) is 0 Å². The lowest BCUT2D eigenvalue weighted by molar-refractivity contribution is 0.0950. The highest BCUT2D eigenvalue weighted by Crippen LogP contribution is 2.12. The summed E-state index contributed by atoms with van der Waals surface area (Å²) in [7, 11) is 0. The van der Waals surface area contributed by atoms with Gasteiger partial charge in [0.05, 0.1) is 17.9 Å². The van der Waals surface area contributed by atoms with Gasteiger partial charge in [0.2, 0.25) is 0 Å². The van der Waals surface area contributed by atoms with Crippen LogP contribution in [0, 0.1) is 12.7 Å². The van der Waals surface area contributed by atoms with Crippen LogP contribution in [0.15, 0.2) is 36.5 Å². The minimum Gasteiger partial charge on any atom is -0.396 e. The van der Waals surface area contributed by atoms with Crippen molar-refractivity contribution in [3.63, 3.8) is 0 Å². The number of pyridine rings is 1. The van der Waals surface area contributed by atoms with E-state index in [1.165, 1.54) is 12.1 Å². The van der Waals surface area contributed by atoms with Crippen molar-refractivity contribution in [3.8, 4) is 0 Å². The van der Waals surface area contributed by atoms with Gasteiger partial charge in [-0.15, -0.1) is 0 Å². The third kappa shape index (κ3) is 3.07. The van der Waals surface area contributed by atoms with E-state index >= 15 is 0 Å². The lowest BCUT2D eigenvalue weighted by Crippen LogP contribution is -2.24. The zero-order valence-electron chi connectivity index (χ0n) is 10.5. The Kier molecular flexibility index (Phi) is 3.75. The fraction of sp³-hybridized carbons (Fsp3) is 0.143. The van der Waals surface area contributed by atoms with Crippen LogP contribution in [0.1, 0.15) is 21.6 Å². The largest absolute Gasteiger partial charge is 0.396 e. The van der Waals surface area contributed by atoms with E-state index in [1.54, 1.807) is 6.20 Å². The Morgan fingerprint density at radius 2 is 2.21 bits per heavy atom. The number of amides is 1. The van der Waals surface area contributed by atoms with Gasteiger partial charge in [-0.2, -0.15) is 0 Å². The molecule has 1 aromatic carbocycles. The van der Waals surface area contributed by atoms with Crippen molar-refractivity contribution in [2.75, 3.05) is 5.73 Å². The van der Waals surface area contributed by atoms with Crippen molar-refractivity contribution in [1.29, 1.82) is 0 Å². The lowest BCUT2D eigenvalue weighted by Gasteiger charge is -2.07. The molecule has 0 aliphatic heterocycles. The quantitative estimate of drug-likeness (QED) is 0.829. The Bertz CT molecular complexity index is 613. The molecular formula is C14H14FN3O. The van der Waals surface area contributed by atoms with E-state index in [0.29, 0.717) is 6.54 Å². The van der Waals surface area contributed by atoms with Crippen LogP contribution in [0.3, 0.4) is 0 Å². The Morgan fingerprint density at radius 3 is 2.89 bits per heavy atom. The maximum atomic E-state index is 13.2. The third-order valence-corrected chi connectivity index (χ3v) is 2.80. The maximum Gasteiger partial charge on any atom is 0.251 e. The molecule has 0 radical (unpaired) electrons. The fourth-order valence-corrected chi connectivity index (χ4v) is 1.64. The molecule has 1 heterocycles. The van der Waals surface area contributed by atoms with Crippen LogP contribution in [-0.2, 0) is 6.54 Å². The Labute approximate surface area is 110 Å². The Morgan fingerprint density at radius 1 is 1.42 bits per heavy atom. The number of anilines is 1. The summed E-state index contributed by atoms with van der Waals surface area (Å²) >= 11 is 0. The van der Waals surface area contributed by atoms with E-state index in [2.05, 4.69) is 10.3 Å². The second kappa shape index (κ2) is 5.48. The summed E-state index contributed by atoms with van der Waals surface area (Å²) in [6, 6.07) is 7.72. The smallest absolute Gasteiger partial charge is 0.251 e. The van der Waals surface area contributed by atoms with Gasteiger partial charge < -0.3 is 11.1 Å². The normalized spacial score (nSPS) is 10.2. The number of hydrogen-bond acceptors (Lipinski definition) is 3. The number of carbonyl (C=O) groups excluding carboxylic acids is 1. The van der Waals surface area contributed by atoms with Gasteiger partial charge in [0.15, 0.2) is 0 Å². The Balaban J connectivity index is 2.05. The molecule has 0 atom stereocenters. The van der Waals surface area contributed by atoms with Crippen LogP contribution >= 0.6 is 0 Å². The van der Waals surface area contributed by atoms with Gasteiger partial charge in [-0.1, -0.05) is 6.07 Å². The molecule has 3 N–H and O–H groups in total. The van der Waals surface area contributed by atoms with E-state index in [4.69, 9.17) is 5.73 Å². The first-order valence-corrected chi connectivity index (χ1v) is 5.81. The van der Waals surface area contributed by atoms with Crippen LogP contribution in [0.25, 0.3) is 0 Å². The van der Waals surface area contributed by atoms with Crippen LogP contribution < -0.4 is 11.1 Å². The van der Waals surface area contributed by atoms with Crippen molar-refractivity contribution in [3.05, 3.63) is 59.2 Å². The topological polar surface area (TPSA) is 68.0 Å². The number of aryl methyl sites for hydroxylation is 1. The molecule has 0 unspecified atom stereocenters. The number of hydrogen-bond donors (Lipinski definition) is 2. The third-order valence-electron chi connectivity index (χ3n) is 2.80. The highest BCUT2D eigenvalue weighted by molar-refractivity contribution is 5.94. The molecule has 1 amide bonds. The van der Waals surface area contributed by atoms with Gasteiger partial charge in [-0.3, -0.25) is 9.78 Å². The minimum absolute atomic E-state index is 0.0251. The van der Waals surface area contributed by atoms with Crippen LogP contribution in [-0.4, -0.2) is 10.9 Å². The highest BCUT2D eigenvalue weighted by Gasteiger charge is 2.09. The number of benzene rings is 1. The summed E-state index contributed by atoms with van der Waals surface area (Å²) < 4.78 is 13.2. The number of aromatic nitrogens is 1. The van der Waals surface area contributed by atoms with Gasteiger partial charge in [0, 0.05) is 11.8 Å². The highest BCUT2D eigenvalue weighted by atomic mass is 19.1. The van der Waals surface area contributed by atoms with E-state index in [-0.39, 0.29) is 17.2 Å². The number of halogens is 1. The number of nitrogens with zero attached hydrogens (tertiary/aromatic N) is 1. The van der Waals surface area contributed by atoms with E-state index < -0.39 is 5.82 Å². The molecule has 0 saturated carbocycles. The number of carbonyl (C=O) groups is 1. The number of nitrogen functional groups attached to an aromatic ring is 1. The van der Waals surface area contributed by atoms with Gasteiger partial charge in [-0.25, -0.2) is 4.39 Å². The average Bonchev–Trinajstić information content (AvgIpc) is 2.40. The summed E-state index contributed by atoms with van der Waals surface area (Å²) in [5, 5.41) is 2.69. The lowest BCUT2D eigenvalue weighted by atomic mass is 10.1. The molecule has 0 bridgehead atoms. The summed E-state index contributed by atoms with van der Waals surface area (Å²) in [5.41, 5.74) is 7.39. The second-order valence-electron chi connectivity index (χ2n) is 4.19. The molecule has 0 aliphatic carbocycles. The molecule has 2 aromatic rings. The number of nitrogens with one attached hydrogen (secondary N) is 1. The van der Waals surface area contributed by atoms with Gasteiger partial charge in [0.25, 0.3) is 5.91 Å². The first-order valence-electron chi connectivity index (χ1n) is 5.81. The molecular weight excluding hydrogens is 245 g/mol. The van der Waals surface area contributed by atoms with Crippen molar-refractivity contribution < 1.29 is 9.18 Å². The number of nitrogens with two attached hydrogens (primary N) is 1. The van der Waals surface area contributed by atoms with E-state index in [1.807, 2.05) is 19.1 Å². The summed E-state index contributed by atoms with van der Waals surface area (Å²) in [6.07, 6.45) is 1.66. The number of rotatable bonds is 3. The zero-order valence-corrected chi connectivity index (χ0v) is 10.5. The van der Waals surface area contributed by atoms with Gasteiger partial charge >= 0.3 is 0 Å². The molecule has 0 spiro atoms. The predicted molar refractivity (Wildman–Crippen MR) is 71.0 cm³/mol. The van der Waals surface area contributed by atoms with Gasteiger partial charge in [-0.05, 0) is 36.8 Å². The fourth-order valence-electron chi connectivity index (χ4n) is 1.64. The molecule has 1 aromatic heterocycles. The molecule has 0 aliphatic rings. The molecule has 19 heavy (non-hydrogen) atoms. The van der Waals surface area contributed by atoms with Crippen molar-refractivity contribution in [1.82, 2.24) is 10.3 Å².